The molecule has 1 aliphatic heterocycles. The van der Waals surface area contributed by atoms with E-state index in [1.165, 1.54) is 0 Å². The molecule has 28 heavy (non-hydrogen) atoms. The average Bonchev–Trinajstić information content (AvgIpc) is 3.17. The molecule has 2 aromatic rings. The maximum Gasteiger partial charge on any atom is 0.321 e. The van der Waals surface area contributed by atoms with E-state index in [4.69, 9.17) is 4.74 Å². The Morgan fingerprint density at radius 2 is 2.18 bits per heavy atom. The minimum atomic E-state index is -0.0834. The number of anilines is 1. The number of hydrogen-bond acceptors (Lipinski definition) is 4. The summed E-state index contributed by atoms with van der Waals surface area (Å²) in [6.45, 7) is 3.46. The Kier molecular flexibility index (Phi) is 6.92. The molecule has 1 unspecified atom stereocenters. The molecular formula is C21H31N5O2. The van der Waals surface area contributed by atoms with Gasteiger partial charge in [-0.05, 0) is 52.0 Å². The molecule has 0 aliphatic carbocycles. The second kappa shape index (κ2) is 9.59. The lowest BCUT2D eigenvalue weighted by Gasteiger charge is -2.33. The fourth-order valence-corrected chi connectivity index (χ4v) is 3.74. The van der Waals surface area contributed by atoms with Gasteiger partial charge >= 0.3 is 6.03 Å². The van der Waals surface area contributed by atoms with Crippen LogP contribution in [0.3, 0.4) is 0 Å². The van der Waals surface area contributed by atoms with Gasteiger partial charge < -0.3 is 24.4 Å². The van der Waals surface area contributed by atoms with E-state index in [-0.39, 0.29) is 11.9 Å². The highest BCUT2D eigenvalue weighted by Crippen LogP contribution is 2.28. The van der Waals surface area contributed by atoms with Crippen molar-refractivity contribution in [2.45, 2.75) is 31.7 Å². The van der Waals surface area contributed by atoms with Gasteiger partial charge in [-0.15, -0.1) is 0 Å². The quantitative estimate of drug-likeness (QED) is 0.795. The molecule has 1 N–H and O–H groups in total. The zero-order valence-electron chi connectivity index (χ0n) is 17.1. The lowest BCUT2D eigenvalue weighted by Crippen LogP contribution is -2.42. The first-order valence-electron chi connectivity index (χ1n) is 9.93. The van der Waals surface area contributed by atoms with E-state index < -0.39 is 0 Å². The SMILES string of the molecule is COc1ccccc1NC(=O)N1CCCC(c2nccn2CCCN(C)C)C1. The van der Waals surface area contributed by atoms with Crippen molar-refractivity contribution < 1.29 is 9.53 Å². The number of carbonyl (C=O) groups excluding carboxylic acids is 1. The number of rotatable bonds is 7. The number of hydrogen-bond donors (Lipinski definition) is 1. The van der Waals surface area contributed by atoms with Crippen molar-refractivity contribution in [3.8, 4) is 5.75 Å². The number of carbonyl (C=O) groups is 1. The van der Waals surface area contributed by atoms with E-state index in [9.17, 15) is 4.79 Å². The molecule has 2 heterocycles. The number of para-hydroxylation sites is 2. The topological polar surface area (TPSA) is 62.6 Å². The number of nitrogens with one attached hydrogen (secondary N) is 1. The maximum absolute atomic E-state index is 12.8. The smallest absolute Gasteiger partial charge is 0.321 e. The summed E-state index contributed by atoms with van der Waals surface area (Å²) in [4.78, 5) is 21.5. The van der Waals surface area contributed by atoms with Crippen molar-refractivity contribution in [2.75, 3.05) is 46.2 Å². The second-order valence-electron chi connectivity index (χ2n) is 7.55. The molecule has 7 nitrogen and oxygen atoms in total. The first-order chi connectivity index (χ1) is 13.6. The van der Waals surface area contributed by atoms with Crippen LogP contribution >= 0.6 is 0 Å². The van der Waals surface area contributed by atoms with Crippen molar-refractivity contribution in [1.82, 2.24) is 19.4 Å². The van der Waals surface area contributed by atoms with Gasteiger partial charge in [-0.2, -0.15) is 0 Å². The molecule has 0 saturated carbocycles. The van der Waals surface area contributed by atoms with Crippen LogP contribution in [0.25, 0.3) is 0 Å². The van der Waals surface area contributed by atoms with Crippen LogP contribution in [0.2, 0.25) is 0 Å². The van der Waals surface area contributed by atoms with Gasteiger partial charge in [-0.1, -0.05) is 12.1 Å². The Balaban J connectivity index is 1.63. The summed E-state index contributed by atoms with van der Waals surface area (Å²) in [5.41, 5.74) is 0.697. The van der Waals surface area contributed by atoms with Crippen LogP contribution in [0.1, 0.15) is 31.0 Å². The van der Waals surface area contributed by atoms with E-state index in [0.717, 1.165) is 44.7 Å². The highest BCUT2D eigenvalue weighted by molar-refractivity contribution is 5.91. The summed E-state index contributed by atoms with van der Waals surface area (Å²) in [6.07, 6.45) is 7.05. The van der Waals surface area contributed by atoms with Gasteiger partial charge in [0.05, 0.1) is 12.8 Å². The van der Waals surface area contributed by atoms with Crippen LogP contribution < -0.4 is 10.1 Å². The number of aryl methyl sites for hydroxylation is 1. The Morgan fingerprint density at radius 3 is 2.96 bits per heavy atom. The Morgan fingerprint density at radius 1 is 1.36 bits per heavy atom. The molecule has 7 heteroatoms. The number of nitrogens with zero attached hydrogens (tertiary/aromatic N) is 4. The molecule has 1 fully saturated rings. The Hall–Kier alpha value is -2.54. The lowest BCUT2D eigenvalue weighted by atomic mass is 9.97. The third kappa shape index (κ3) is 5.04. The molecular weight excluding hydrogens is 354 g/mol. The van der Waals surface area contributed by atoms with Crippen molar-refractivity contribution in [2.24, 2.45) is 0 Å². The number of piperidine rings is 1. The number of aromatic nitrogens is 2. The number of urea groups is 1. The highest BCUT2D eigenvalue weighted by Gasteiger charge is 2.27. The van der Waals surface area contributed by atoms with Crippen LogP contribution in [-0.2, 0) is 6.54 Å². The number of benzene rings is 1. The fraction of sp³-hybridized carbons (Fsp3) is 0.524. The van der Waals surface area contributed by atoms with Gasteiger partial charge in [0.1, 0.15) is 11.6 Å². The number of imidazole rings is 1. The first-order valence-corrected chi connectivity index (χ1v) is 9.93. The third-order valence-electron chi connectivity index (χ3n) is 5.17. The van der Waals surface area contributed by atoms with Crippen LogP contribution in [0.5, 0.6) is 5.75 Å². The summed E-state index contributed by atoms with van der Waals surface area (Å²) >= 11 is 0. The molecule has 1 atom stereocenters. The molecule has 0 bridgehead atoms. The van der Waals surface area contributed by atoms with Crippen LogP contribution in [0.15, 0.2) is 36.7 Å². The van der Waals surface area contributed by atoms with E-state index in [0.29, 0.717) is 18.0 Å². The zero-order chi connectivity index (χ0) is 19.9. The maximum atomic E-state index is 12.8. The molecule has 0 radical (unpaired) electrons. The number of methoxy groups -OCH3 is 1. The summed E-state index contributed by atoms with van der Waals surface area (Å²) in [7, 11) is 5.79. The van der Waals surface area contributed by atoms with Gasteiger partial charge in [0.25, 0.3) is 0 Å². The highest BCUT2D eigenvalue weighted by atomic mass is 16.5. The Bertz CT molecular complexity index is 774. The van der Waals surface area contributed by atoms with Crippen molar-refractivity contribution >= 4 is 11.7 Å². The second-order valence-corrected chi connectivity index (χ2v) is 7.55. The molecule has 0 spiro atoms. The van der Waals surface area contributed by atoms with Crippen molar-refractivity contribution in [3.05, 3.63) is 42.5 Å². The lowest BCUT2D eigenvalue weighted by molar-refractivity contribution is 0.190. The monoisotopic (exact) mass is 385 g/mol. The third-order valence-corrected chi connectivity index (χ3v) is 5.17. The Labute approximate surface area is 167 Å². The van der Waals surface area contributed by atoms with Gasteiger partial charge in [0, 0.05) is 37.9 Å². The van der Waals surface area contributed by atoms with Crippen LogP contribution in [0.4, 0.5) is 10.5 Å². The molecule has 1 aliphatic rings. The first kappa shape index (κ1) is 20.2. The molecule has 152 valence electrons. The summed E-state index contributed by atoms with van der Waals surface area (Å²) in [5, 5.41) is 2.99. The number of likely N-dealkylation sites (tertiary alicyclic amines) is 1. The zero-order valence-corrected chi connectivity index (χ0v) is 17.1. The van der Waals surface area contributed by atoms with Gasteiger partial charge in [-0.3, -0.25) is 0 Å². The van der Waals surface area contributed by atoms with E-state index in [2.05, 4.69) is 40.1 Å². The van der Waals surface area contributed by atoms with Crippen molar-refractivity contribution in [1.29, 1.82) is 0 Å². The molecule has 1 aromatic carbocycles. The largest absolute Gasteiger partial charge is 0.495 e. The molecule has 1 aromatic heterocycles. The minimum absolute atomic E-state index is 0.0834. The average molecular weight is 386 g/mol. The van der Waals surface area contributed by atoms with Crippen LogP contribution in [0, 0.1) is 0 Å². The fourth-order valence-electron chi connectivity index (χ4n) is 3.74. The number of ether oxygens (including phenoxy) is 1. The summed E-state index contributed by atoms with van der Waals surface area (Å²) < 4.78 is 7.58. The van der Waals surface area contributed by atoms with Gasteiger partial charge in [0.2, 0.25) is 0 Å². The van der Waals surface area contributed by atoms with E-state index in [1.54, 1.807) is 7.11 Å². The van der Waals surface area contributed by atoms with E-state index in [1.807, 2.05) is 35.4 Å². The number of amides is 2. The van der Waals surface area contributed by atoms with Crippen molar-refractivity contribution in [3.63, 3.8) is 0 Å². The van der Waals surface area contributed by atoms with Gasteiger partial charge in [0.15, 0.2) is 0 Å². The predicted molar refractivity (Wildman–Crippen MR) is 111 cm³/mol. The predicted octanol–water partition coefficient (Wildman–Crippen LogP) is 3.25. The summed E-state index contributed by atoms with van der Waals surface area (Å²) in [6, 6.07) is 7.40. The normalized spacial score (nSPS) is 17.0. The van der Waals surface area contributed by atoms with Gasteiger partial charge in [-0.25, -0.2) is 9.78 Å². The van der Waals surface area contributed by atoms with Crippen LogP contribution in [-0.4, -0.2) is 66.2 Å². The minimum Gasteiger partial charge on any atom is -0.495 e. The molecule has 3 rings (SSSR count). The molecule has 1 saturated heterocycles. The van der Waals surface area contributed by atoms with E-state index >= 15 is 0 Å². The molecule has 2 amide bonds. The standard InChI is InChI=1S/C21H31N5O2/c1-24(2)12-7-14-25-15-11-22-20(25)17-8-6-13-26(16-17)21(27)23-18-9-4-5-10-19(18)28-3/h4-5,9-11,15,17H,6-8,12-14,16H2,1-3H3,(H,23,27). The summed E-state index contributed by atoms with van der Waals surface area (Å²) in [5.74, 6) is 2.03.